The van der Waals surface area contributed by atoms with Gasteiger partial charge in [-0.2, -0.15) is 0 Å². The van der Waals surface area contributed by atoms with Crippen LogP contribution in [0, 0.1) is 13.8 Å². The molecule has 0 atom stereocenters. The first-order valence-corrected chi connectivity index (χ1v) is 8.37. The third-order valence-corrected chi connectivity index (χ3v) is 4.98. The number of hydrazine groups is 1. The Balaban J connectivity index is 1.83. The summed E-state index contributed by atoms with van der Waals surface area (Å²) in [5.74, 6) is -0.406. The predicted molar refractivity (Wildman–Crippen MR) is 90.7 cm³/mol. The summed E-state index contributed by atoms with van der Waals surface area (Å²) in [5, 5.41) is 0. The average Bonchev–Trinajstić information content (AvgIpc) is 3.01. The van der Waals surface area contributed by atoms with E-state index >= 15 is 0 Å². The van der Waals surface area contributed by atoms with E-state index in [9.17, 15) is 9.59 Å². The second-order valence-corrected chi connectivity index (χ2v) is 6.61. The highest BCUT2D eigenvalue weighted by Crippen LogP contribution is 2.28. The van der Waals surface area contributed by atoms with E-state index in [1.807, 2.05) is 26.0 Å². The number of aromatic nitrogens is 1. The maximum absolute atomic E-state index is 11.8. The molecule has 1 heterocycles. The topological polar surface area (TPSA) is 74.0 Å². The number of thioether (sulfide) groups is 1. The summed E-state index contributed by atoms with van der Waals surface area (Å²) in [5.41, 5.74) is 7.38. The van der Waals surface area contributed by atoms with E-state index in [1.165, 1.54) is 11.8 Å². The van der Waals surface area contributed by atoms with Crippen molar-refractivity contribution in [1.29, 1.82) is 0 Å². The zero-order valence-corrected chi connectivity index (χ0v) is 14.6. The molecule has 0 radical (unpaired) electrons. The van der Waals surface area contributed by atoms with Crippen molar-refractivity contribution in [3.8, 4) is 0 Å². The summed E-state index contributed by atoms with van der Waals surface area (Å²) in [6, 6.07) is 7.41. The minimum atomic E-state index is -0.376. The minimum Gasteiger partial charge on any atom is -0.357 e. The van der Waals surface area contributed by atoms with E-state index in [1.54, 1.807) is 18.3 Å². The fourth-order valence-corrected chi connectivity index (χ4v) is 3.12. The monoisotopic (exact) mass is 381 g/mol. The second-order valence-electron chi connectivity index (χ2n) is 4.74. The Morgan fingerprint density at radius 1 is 1.23 bits per heavy atom. The van der Waals surface area contributed by atoms with Crippen molar-refractivity contribution in [3.63, 3.8) is 0 Å². The van der Waals surface area contributed by atoms with Gasteiger partial charge in [0.25, 0.3) is 5.91 Å². The molecule has 1 aromatic heterocycles. The largest absolute Gasteiger partial charge is 0.357 e. The van der Waals surface area contributed by atoms with Crippen LogP contribution < -0.4 is 10.9 Å². The number of amides is 2. The third-order valence-electron chi connectivity index (χ3n) is 2.97. The lowest BCUT2D eigenvalue weighted by atomic mass is 10.2. The van der Waals surface area contributed by atoms with Gasteiger partial charge in [-0.1, -0.05) is 15.9 Å². The summed E-state index contributed by atoms with van der Waals surface area (Å²) >= 11 is 4.92. The van der Waals surface area contributed by atoms with Crippen LogP contribution in [-0.2, 0) is 4.79 Å². The van der Waals surface area contributed by atoms with Crippen molar-refractivity contribution < 1.29 is 9.59 Å². The van der Waals surface area contributed by atoms with Gasteiger partial charge in [0.2, 0.25) is 5.91 Å². The summed E-state index contributed by atoms with van der Waals surface area (Å²) in [7, 11) is 0. The Morgan fingerprint density at radius 3 is 2.68 bits per heavy atom. The van der Waals surface area contributed by atoms with Gasteiger partial charge >= 0.3 is 0 Å². The molecule has 0 aliphatic rings. The van der Waals surface area contributed by atoms with Gasteiger partial charge < -0.3 is 4.98 Å². The number of rotatable bonds is 4. The lowest BCUT2D eigenvalue weighted by molar-refractivity contribution is -0.119. The highest BCUT2D eigenvalue weighted by Gasteiger charge is 2.09. The third kappa shape index (κ3) is 4.38. The van der Waals surface area contributed by atoms with Crippen LogP contribution in [0.5, 0.6) is 0 Å². The molecule has 0 aliphatic carbocycles. The molecule has 0 bridgehead atoms. The number of carbonyl (C=O) groups is 2. The van der Waals surface area contributed by atoms with E-state index in [0.29, 0.717) is 5.69 Å². The van der Waals surface area contributed by atoms with Crippen LogP contribution in [-0.4, -0.2) is 22.6 Å². The number of H-pyrrole nitrogens is 1. The number of hydrogen-bond acceptors (Lipinski definition) is 3. The molecule has 1 aromatic carbocycles. The molecule has 0 unspecified atom stereocenters. The Morgan fingerprint density at radius 2 is 2.00 bits per heavy atom. The van der Waals surface area contributed by atoms with Crippen molar-refractivity contribution in [2.75, 3.05) is 5.75 Å². The number of aryl methyl sites for hydroxylation is 2. The number of hydrogen-bond donors (Lipinski definition) is 3. The van der Waals surface area contributed by atoms with Gasteiger partial charge in [-0.05, 0) is 49.2 Å². The molecule has 3 N–H and O–H groups in total. The van der Waals surface area contributed by atoms with Gasteiger partial charge in [0, 0.05) is 15.6 Å². The van der Waals surface area contributed by atoms with Crippen LogP contribution in [0.2, 0.25) is 0 Å². The number of aromatic amines is 1. The van der Waals surface area contributed by atoms with Crippen LogP contribution in [0.15, 0.2) is 39.8 Å². The molecule has 22 heavy (non-hydrogen) atoms. The highest BCUT2D eigenvalue weighted by atomic mass is 79.9. The smallest absolute Gasteiger partial charge is 0.286 e. The minimum absolute atomic E-state index is 0.229. The zero-order valence-electron chi connectivity index (χ0n) is 12.2. The molecule has 0 saturated heterocycles. The molecule has 2 aromatic rings. The Labute approximate surface area is 141 Å². The predicted octanol–water partition coefficient (Wildman–Crippen LogP) is 2.95. The maximum atomic E-state index is 11.8. The highest BCUT2D eigenvalue weighted by molar-refractivity contribution is 9.10. The molecule has 0 fully saturated rings. The van der Waals surface area contributed by atoms with Crippen LogP contribution in [0.3, 0.4) is 0 Å². The van der Waals surface area contributed by atoms with Gasteiger partial charge in [0.15, 0.2) is 0 Å². The van der Waals surface area contributed by atoms with Gasteiger partial charge in [0.05, 0.1) is 5.75 Å². The molecule has 2 rings (SSSR count). The summed E-state index contributed by atoms with van der Waals surface area (Å²) in [6.07, 6.45) is 1.64. The van der Waals surface area contributed by atoms with E-state index in [0.717, 1.165) is 20.5 Å². The maximum Gasteiger partial charge on any atom is 0.286 e. The van der Waals surface area contributed by atoms with Gasteiger partial charge in [-0.3, -0.25) is 20.4 Å². The molecule has 7 heteroatoms. The number of halogens is 1. The molecule has 5 nitrogen and oxygen atoms in total. The molecule has 2 amide bonds. The van der Waals surface area contributed by atoms with Crippen molar-refractivity contribution in [2.45, 2.75) is 18.7 Å². The Bertz CT molecular complexity index is 686. The summed E-state index contributed by atoms with van der Waals surface area (Å²) < 4.78 is 1.05. The van der Waals surface area contributed by atoms with Crippen LogP contribution >= 0.6 is 27.7 Å². The first kappa shape index (κ1) is 16.6. The zero-order chi connectivity index (χ0) is 16.1. The van der Waals surface area contributed by atoms with Crippen LogP contribution in [0.1, 0.15) is 21.6 Å². The van der Waals surface area contributed by atoms with E-state index in [-0.39, 0.29) is 17.6 Å². The normalized spacial score (nSPS) is 10.3. The molecular formula is C15H16BrN3O2S. The van der Waals surface area contributed by atoms with Crippen LogP contribution in [0.4, 0.5) is 0 Å². The average molecular weight is 382 g/mol. The van der Waals surface area contributed by atoms with Gasteiger partial charge in [-0.25, -0.2) is 0 Å². The molecule has 0 spiro atoms. The quantitative estimate of drug-likeness (QED) is 0.562. The summed E-state index contributed by atoms with van der Waals surface area (Å²) in [6.45, 7) is 4.00. The number of benzene rings is 1. The van der Waals surface area contributed by atoms with Crippen molar-refractivity contribution >= 4 is 39.5 Å². The molecule has 116 valence electrons. The van der Waals surface area contributed by atoms with Gasteiger partial charge in [0.1, 0.15) is 5.69 Å². The standard InChI is InChI=1S/C15H16BrN3O2S/c1-9-7-13(10(2)6-11(9)16)22-8-14(20)18-19-15(21)12-4-3-5-17-12/h3-7,17H,8H2,1-2H3,(H,18,20)(H,19,21). The fraction of sp³-hybridized carbons (Fsp3) is 0.200. The molecule has 0 saturated carbocycles. The lowest BCUT2D eigenvalue weighted by Crippen LogP contribution is -2.42. The number of nitrogens with one attached hydrogen (secondary N) is 3. The fourth-order valence-electron chi connectivity index (χ4n) is 1.75. The van der Waals surface area contributed by atoms with Crippen molar-refractivity contribution in [1.82, 2.24) is 15.8 Å². The van der Waals surface area contributed by atoms with E-state index in [4.69, 9.17) is 0 Å². The molecule has 0 aliphatic heterocycles. The van der Waals surface area contributed by atoms with Crippen molar-refractivity contribution in [3.05, 3.63) is 51.8 Å². The first-order valence-electron chi connectivity index (χ1n) is 6.59. The van der Waals surface area contributed by atoms with Crippen molar-refractivity contribution in [2.24, 2.45) is 0 Å². The summed E-state index contributed by atoms with van der Waals surface area (Å²) in [4.78, 5) is 27.3. The molecular weight excluding hydrogens is 366 g/mol. The Hall–Kier alpha value is -1.73. The lowest BCUT2D eigenvalue weighted by Gasteiger charge is -2.09. The van der Waals surface area contributed by atoms with Gasteiger partial charge in [-0.15, -0.1) is 11.8 Å². The van der Waals surface area contributed by atoms with E-state index < -0.39 is 0 Å². The van der Waals surface area contributed by atoms with Crippen LogP contribution in [0.25, 0.3) is 0 Å². The first-order chi connectivity index (χ1) is 10.5. The second kappa shape index (κ2) is 7.51. The number of carbonyl (C=O) groups excluding carboxylic acids is 2. The van der Waals surface area contributed by atoms with E-state index in [2.05, 4.69) is 31.8 Å². The SMILES string of the molecule is Cc1cc(SCC(=O)NNC(=O)c2ccc[nH]2)c(C)cc1Br. The Kier molecular flexibility index (Phi) is 5.68.